The first-order chi connectivity index (χ1) is 10.3. The van der Waals surface area contributed by atoms with Gasteiger partial charge in [0.1, 0.15) is 0 Å². The van der Waals surface area contributed by atoms with Gasteiger partial charge in [-0.1, -0.05) is 24.3 Å². The van der Waals surface area contributed by atoms with Gasteiger partial charge in [0, 0.05) is 32.2 Å². The summed E-state index contributed by atoms with van der Waals surface area (Å²) in [7, 11) is 2.24. The average Bonchev–Trinajstić information content (AvgIpc) is 3.17. The van der Waals surface area contributed by atoms with E-state index in [9.17, 15) is 0 Å². The highest BCUT2D eigenvalue weighted by molar-refractivity contribution is 5.23. The van der Waals surface area contributed by atoms with Gasteiger partial charge in [0.15, 0.2) is 0 Å². The second-order valence-electron chi connectivity index (χ2n) is 6.76. The molecule has 1 aliphatic carbocycles. The highest BCUT2D eigenvalue weighted by atomic mass is 15.2. The minimum Gasteiger partial charge on any atom is -0.310 e. The molecule has 3 rings (SSSR count). The molecule has 1 aromatic rings. The molecule has 0 bridgehead atoms. The Morgan fingerprint density at radius 3 is 2.71 bits per heavy atom. The third kappa shape index (κ3) is 5.10. The Morgan fingerprint density at radius 2 is 1.95 bits per heavy atom. The van der Waals surface area contributed by atoms with Gasteiger partial charge in [0.05, 0.1) is 0 Å². The summed E-state index contributed by atoms with van der Waals surface area (Å²) in [6, 6.07) is 9.85. The lowest BCUT2D eigenvalue weighted by Crippen LogP contribution is -2.31. The Balaban J connectivity index is 1.43. The van der Waals surface area contributed by atoms with E-state index in [0.29, 0.717) is 0 Å². The van der Waals surface area contributed by atoms with E-state index < -0.39 is 0 Å². The molecule has 0 spiro atoms. The molecule has 0 amide bonds. The van der Waals surface area contributed by atoms with E-state index >= 15 is 0 Å². The van der Waals surface area contributed by atoms with E-state index in [1.54, 1.807) is 0 Å². The molecule has 1 saturated heterocycles. The fourth-order valence-electron chi connectivity index (χ4n) is 3.10. The maximum Gasteiger partial charge on any atom is 0.0231 e. The van der Waals surface area contributed by atoms with Gasteiger partial charge in [0.25, 0.3) is 0 Å². The standard InChI is InChI=1S/C18H29N3/c1-20(11-12-21-9-2-3-10-21)15-17-6-4-5-16(13-17)14-19-18-7-8-18/h4-6,13,18-19H,2-3,7-12,14-15H2,1H3. The maximum absolute atomic E-state index is 3.60. The third-order valence-corrected chi connectivity index (χ3v) is 4.61. The van der Waals surface area contributed by atoms with Crippen LogP contribution in [0.15, 0.2) is 24.3 Å². The zero-order valence-corrected chi connectivity index (χ0v) is 13.4. The summed E-state index contributed by atoms with van der Waals surface area (Å²) in [5.41, 5.74) is 2.86. The van der Waals surface area contributed by atoms with E-state index in [2.05, 4.69) is 46.4 Å². The predicted octanol–water partition coefficient (Wildman–Crippen LogP) is 2.47. The van der Waals surface area contributed by atoms with Gasteiger partial charge in [-0.15, -0.1) is 0 Å². The molecule has 116 valence electrons. The predicted molar refractivity (Wildman–Crippen MR) is 88.3 cm³/mol. The van der Waals surface area contributed by atoms with Gasteiger partial charge in [-0.25, -0.2) is 0 Å². The number of rotatable bonds is 8. The second-order valence-corrected chi connectivity index (χ2v) is 6.76. The van der Waals surface area contributed by atoms with E-state index in [1.807, 2.05) is 0 Å². The largest absolute Gasteiger partial charge is 0.310 e. The van der Waals surface area contributed by atoms with Crippen molar-refractivity contribution in [2.45, 2.75) is 44.8 Å². The number of nitrogens with one attached hydrogen (secondary N) is 1. The van der Waals surface area contributed by atoms with Crippen LogP contribution < -0.4 is 5.32 Å². The maximum atomic E-state index is 3.60. The molecule has 0 radical (unpaired) electrons. The van der Waals surface area contributed by atoms with Crippen molar-refractivity contribution in [1.82, 2.24) is 15.1 Å². The van der Waals surface area contributed by atoms with Gasteiger partial charge in [-0.05, 0) is 56.9 Å². The molecular formula is C18H29N3. The lowest BCUT2D eigenvalue weighted by atomic mass is 10.1. The van der Waals surface area contributed by atoms with E-state index in [0.717, 1.165) is 19.1 Å². The molecule has 0 unspecified atom stereocenters. The van der Waals surface area contributed by atoms with Crippen LogP contribution in [0.1, 0.15) is 36.8 Å². The Morgan fingerprint density at radius 1 is 1.19 bits per heavy atom. The van der Waals surface area contributed by atoms with Crippen molar-refractivity contribution in [3.8, 4) is 0 Å². The third-order valence-electron chi connectivity index (χ3n) is 4.61. The van der Waals surface area contributed by atoms with E-state index in [-0.39, 0.29) is 0 Å². The van der Waals surface area contributed by atoms with Crippen molar-refractivity contribution in [2.24, 2.45) is 0 Å². The monoisotopic (exact) mass is 287 g/mol. The quantitative estimate of drug-likeness (QED) is 0.792. The van der Waals surface area contributed by atoms with Crippen LogP contribution in [-0.2, 0) is 13.1 Å². The Bertz CT molecular complexity index is 436. The molecule has 2 fully saturated rings. The van der Waals surface area contributed by atoms with Crippen LogP contribution in [0.25, 0.3) is 0 Å². The van der Waals surface area contributed by atoms with Gasteiger partial charge in [-0.3, -0.25) is 0 Å². The smallest absolute Gasteiger partial charge is 0.0231 e. The van der Waals surface area contributed by atoms with Crippen molar-refractivity contribution >= 4 is 0 Å². The van der Waals surface area contributed by atoms with Gasteiger partial charge >= 0.3 is 0 Å². The van der Waals surface area contributed by atoms with Gasteiger partial charge in [-0.2, -0.15) is 0 Å². The fourth-order valence-corrected chi connectivity index (χ4v) is 3.10. The molecule has 0 atom stereocenters. The highest BCUT2D eigenvalue weighted by Gasteiger charge is 2.19. The zero-order chi connectivity index (χ0) is 14.5. The van der Waals surface area contributed by atoms with Crippen LogP contribution >= 0.6 is 0 Å². The highest BCUT2D eigenvalue weighted by Crippen LogP contribution is 2.19. The summed E-state index contributed by atoms with van der Waals surface area (Å²) in [4.78, 5) is 5.04. The summed E-state index contributed by atoms with van der Waals surface area (Å²) in [6.45, 7) is 7.08. The van der Waals surface area contributed by atoms with Crippen LogP contribution in [0.4, 0.5) is 0 Å². The molecule has 2 aliphatic rings. The van der Waals surface area contributed by atoms with Crippen molar-refractivity contribution in [2.75, 3.05) is 33.2 Å². The Kier molecular flexibility index (Phi) is 5.28. The molecule has 1 N–H and O–H groups in total. The molecule has 0 aromatic heterocycles. The molecule has 1 saturated carbocycles. The molecule has 3 nitrogen and oxygen atoms in total. The average molecular weight is 287 g/mol. The summed E-state index contributed by atoms with van der Waals surface area (Å²) in [5.74, 6) is 0. The Hall–Kier alpha value is -0.900. The summed E-state index contributed by atoms with van der Waals surface area (Å²) >= 11 is 0. The van der Waals surface area contributed by atoms with Gasteiger partial charge in [0.2, 0.25) is 0 Å². The number of hydrogen-bond donors (Lipinski definition) is 1. The number of hydrogen-bond acceptors (Lipinski definition) is 3. The Labute approximate surface area is 129 Å². The summed E-state index contributed by atoms with van der Waals surface area (Å²) < 4.78 is 0. The molecule has 1 aliphatic heterocycles. The number of benzene rings is 1. The molecular weight excluding hydrogens is 258 g/mol. The van der Waals surface area contributed by atoms with Crippen LogP contribution in [0.2, 0.25) is 0 Å². The zero-order valence-electron chi connectivity index (χ0n) is 13.4. The van der Waals surface area contributed by atoms with Gasteiger partial charge < -0.3 is 15.1 Å². The first-order valence-electron chi connectivity index (χ1n) is 8.52. The summed E-state index contributed by atoms with van der Waals surface area (Å²) in [5, 5.41) is 3.60. The number of nitrogens with zero attached hydrogens (tertiary/aromatic N) is 2. The van der Waals surface area contributed by atoms with Crippen molar-refractivity contribution in [1.29, 1.82) is 0 Å². The van der Waals surface area contributed by atoms with Crippen molar-refractivity contribution in [3.63, 3.8) is 0 Å². The minimum atomic E-state index is 0.789. The van der Waals surface area contributed by atoms with Crippen molar-refractivity contribution in [3.05, 3.63) is 35.4 Å². The molecule has 3 heteroatoms. The first kappa shape index (κ1) is 15.0. The number of likely N-dealkylation sites (tertiary alicyclic amines) is 1. The van der Waals surface area contributed by atoms with Crippen LogP contribution in [-0.4, -0.2) is 49.1 Å². The van der Waals surface area contributed by atoms with Crippen LogP contribution in [0, 0.1) is 0 Å². The van der Waals surface area contributed by atoms with E-state index in [4.69, 9.17) is 0 Å². The van der Waals surface area contributed by atoms with Crippen LogP contribution in [0.5, 0.6) is 0 Å². The lowest BCUT2D eigenvalue weighted by molar-refractivity contribution is 0.252. The van der Waals surface area contributed by atoms with Crippen LogP contribution in [0.3, 0.4) is 0 Å². The normalized spacial score (nSPS) is 19.5. The number of likely N-dealkylation sites (N-methyl/N-ethyl adjacent to an activating group) is 1. The SMILES string of the molecule is CN(CCN1CCCC1)Cc1cccc(CNC2CC2)c1. The molecule has 1 aromatic carbocycles. The topological polar surface area (TPSA) is 18.5 Å². The van der Waals surface area contributed by atoms with Crippen molar-refractivity contribution < 1.29 is 0 Å². The lowest BCUT2D eigenvalue weighted by Gasteiger charge is -2.21. The first-order valence-corrected chi connectivity index (χ1v) is 8.52. The van der Waals surface area contributed by atoms with E-state index in [1.165, 1.54) is 63.0 Å². The fraction of sp³-hybridized carbons (Fsp3) is 0.667. The molecule has 21 heavy (non-hydrogen) atoms. The summed E-state index contributed by atoms with van der Waals surface area (Å²) in [6.07, 6.45) is 5.50. The second kappa shape index (κ2) is 7.39. The molecule has 1 heterocycles. The minimum absolute atomic E-state index is 0.789.